The van der Waals surface area contributed by atoms with Crippen LogP contribution in [0.2, 0.25) is 5.02 Å². The highest BCUT2D eigenvalue weighted by molar-refractivity contribution is 7.89. The molecule has 0 radical (unpaired) electrons. The van der Waals surface area contributed by atoms with Gasteiger partial charge >= 0.3 is 0 Å². The molecule has 13 heteroatoms. The van der Waals surface area contributed by atoms with E-state index < -0.39 is 20.5 Å². The number of halogens is 1. The summed E-state index contributed by atoms with van der Waals surface area (Å²) in [5.74, 6) is 0.611. The molecule has 2 heterocycles. The molecule has 0 saturated carbocycles. The summed E-state index contributed by atoms with van der Waals surface area (Å²) in [6.07, 6.45) is 2.66. The third-order valence-corrected chi connectivity index (χ3v) is 6.13. The van der Waals surface area contributed by atoms with Gasteiger partial charge in [0.15, 0.2) is 10.7 Å². The first-order valence-electron chi connectivity index (χ1n) is 9.75. The van der Waals surface area contributed by atoms with Crippen molar-refractivity contribution in [3.05, 3.63) is 80.9 Å². The number of aliphatic imine (C=N–C) groups is 1. The number of hydrazone groups is 1. The van der Waals surface area contributed by atoms with E-state index in [2.05, 4.69) is 25.3 Å². The highest BCUT2D eigenvalue weighted by atomic mass is 35.5. The average Bonchev–Trinajstić information content (AvgIpc) is 3.20. The number of methoxy groups -OCH3 is 1. The van der Waals surface area contributed by atoms with Crippen molar-refractivity contribution in [3.63, 3.8) is 0 Å². The number of nitrogens with zero attached hydrogens (tertiary/aromatic N) is 5. The van der Waals surface area contributed by atoms with Gasteiger partial charge in [0.25, 0.3) is 15.6 Å². The van der Waals surface area contributed by atoms with Crippen molar-refractivity contribution < 1.29 is 13.2 Å². The Labute approximate surface area is 198 Å². The maximum absolute atomic E-state index is 13.1. The highest BCUT2D eigenvalue weighted by Crippen LogP contribution is 2.20. The van der Waals surface area contributed by atoms with Crippen molar-refractivity contribution in [1.29, 1.82) is 0 Å². The minimum Gasteiger partial charge on any atom is -0.497 e. The smallest absolute Gasteiger partial charge is 0.285 e. The zero-order chi connectivity index (χ0) is 24.3. The minimum atomic E-state index is -4.45. The molecule has 0 amide bonds. The van der Waals surface area contributed by atoms with Crippen molar-refractivity contribution in [2.75, 3.05) is 7.11 Å². The van der Waals surface area contributed by atoms with Gasteiger partial charge < -0.3 is 4.74 Å². The number of fused-ring (bicyclic) bond motifs is 1. The lowest BCUT2D eigenvalue weighted by atomic mass is 10.2. The number of benzene rings is 2. The molecule has 34 heavy (non-hydrogen) atoms. The fourth-order valence-corrected chi connectivity index (χ4v) is 4.03. The van der Waals surface area contributed by atoms with Gasteiger partial charge in [-0.25, -0.2) is 14.5 Å². The van der Waals surface area contributed by atoms with Gasteiger partial charge in [-0.05, 0) is 54.4 Å². The summed E-state index contributed by atoms with van der Waals surface area (Å²) >= 11 is 5.85. The van der Waals surface area contributed by atoms with Crippen LogP contribution in [-0.4, -0.2) is 47.5 Å². The van der Waals surface area contributed by atoms with Crippen LogP contribution in [-0.2, 0) is 10.0 Å². The second kappa shape index (κ2) is 9.45. The van der Waals surface area contributed by atoms with Gasteiger partial charge in [-0.2, -0.15) is 28.4 Å². The van der Waals surface area contributed by atoms with E-state index in [0.717, 1.165) is 4.40 Å². The van der Waals surface area contributed by atoms with Crippen molar-refractivity contribution in [3.8, 4) is 5.75 Å². The topological polar surface area (TPSA) is 143 Å². The largest absolute Gasteiger partial charge is 0.497 e. The Balaban J connectivity index is 1.75. The molecule has 0 aliphatic rings. The number of rotatable bonds is 7. The Morgan fingerprint density at radius 3 is 2.41 bits per heavy atom. The Morgan fingerprint density at radius 1 is 1.09 bits per heavy atom. The fourth-order valence-electron chi connectivity index (χ4n) is 2.96. The first-order chi connectivity index (χ1) is 16.3. The Hall–Kier alpha value is -4.03. The minimum absolute atomic E-state index is 0.0491. The Kier molecular flexibility index (Phi) is 6.43. The summed E-state index contributed by atoms with van der Waals surface area (Å²) in [5.41, 5.74) is 0.369. The molecule has 0 unspecified atom stereocenters. The molecule has 0 aliphatic heterocycles. The first kappa shape index (κ1) is 23.1. The summed E-state index contributed by atoms with van der Waals surface area (Å²) in [5, 5.41) is 10.8. The summed E-state index contributed by atoms with van der Waals surface area (Å²) in [4.78, 5) is 22.9. The van der Waals surface area contributed by atoms with Crippen LogP contribution < -0.4 is 15.1 Å². The number of H-pyrrole nitrogens is 1. The molecular weight excluding hydrogens is 482 g/mol. The molecule has 2 aromatic heterocycles. The van der Waals surface area contributed by atoms with Crippen molar-refractivity contribution in [2.45, 2.75) is 11.8 Å². The van der Waals surface area contributed by atoms with Gasteiger partial charge in [-0.15, -0.1) is 0 Å². The number of aromatic nitrogens is 4. The number of sulfonamides is 1. The lowest BCUT2D eigenvalue weighted by molar-refractivity contribution is 0.415. The van der Waals surface area contributed by atoms with Crippen molar-refractivity contribution >= 4 is 45.6 Å². The normalized spacial score (nSPS) is 12.1. The van der Waals surface area contributed by atoms with Crippen LogP contribution in [0.25, 0.3) is 5.78 Å². The molecule has 0 saturated heterocycles. The summed E-state index contributed by atoms with van der Waals surface area (Å²) in [6, 6.07) is 13.5. The summed E-state index contributed by atoms with van der Waals surface area (Å²) in [6.45, 7) is 1.54. The average molecular weight is 500 g/mol. The standard InChI is InChI=1S/C21H18ClN7O4S/c1-13-26-27-21-25-19(23-11-14-5-9-17(33-2)10-6-14)18(20(30)29(13)21)34(31,32)28-24-12-15-3-7-16(22)8-4-15/h3-12,28H,1-2H3,(H,25,27)/b23-11+,24-12+. The second-order valence-electron chi connectivity index (χ2n) is 6.94. The third kappa shape index (κ3) is 4.82. The van der Waals surface area contributed by atoms with Crippen LogP contribution in [0.15, 0.2) is 68.3 Å². The van der Waals surface area contributed by atoms with E-state index in [4.69, 9.17) is 16.3 Å². The Bertz CT molecular complexity index is 1560. The van der Waals surface area contributed by atoms with Gasteiger partial charge in [0, 0.05) is 11.2 Å². The molecule has 11 nitrogen and oxygen atoms in total. The van der Waals surface area contributed by atoms with Gasteiger partial charge in [-0.3, -0.25) is 4.79 Å². The van der Waals surface area contributed by atoms with E-state index in [0.29, 0.717) is 21.9 Å². The molecule has 0 fully saturated rings. The van der Waals surface area contributed by atoms with Crippen LogP contribution in [0.1, 0.15) is 17.0 Å². The van der Waals surface area contributed by atoms with Crippen molar-refractivity contribution in [2.24, 2.45) is 10.1 Å². The molecule has 0 atom stereocenters. The van der Waals surface area contributed by atoms with Gasteiger partial charge in [-0.1, -0.05) is 23.7 Å². The molecule has 4 aromatic rings. The van der Waals surface area contributed by atoms with E-state index in [1.165, 1.54) is 19.4 Å². The third-order valence-electron chi connectivity index (χ3n) is 4.64. The van der Waals surface area contributed by atoms with E-state index in [9.17, 15) is 13.2 Å². The molecule has 0 aliphatic carbocycles. The van der Waals surface area contributed by atoms with E-state index in [1.807, 2.05) is 4.83 Å². The van der Waals surface area contributed by atoms with Crippen LogP contribution in [0, 0.1) is 6.92 Å². The molecule has 2 aromatic carbocycles. The molecule has 174 valence electrons. The van der Waals surface area contributed by atoms with Gasteiger partial charge in [0.1, 0.15) is 11.6 Å². The maximum Gasteiger partial charge on any atom is 0.285 e. The first-order valence-corrected chi connectivity index (χ1v) is 11.6. The SMILES string of the molecule is COc1ccc(/C=N/c2nc3[nH]nc(C)n3c(=O)c2S(=O)(=O)N/N=C/c2ccc(Cl)cc2)cc1. The lowest BCUT2D eigenvalue weighted by Gasteiger charge is -2.06. The van der Waals surface area contributed by atoms with Crippen LogP contribution >= 0.6 is 11.6 Å². The lowest BCUT2D eigenvalue weighted by Crippen LogP contribution is -2.29. The van der Waals surface area contributed by atoms with Gasteiger partial charge in [0.05, 0.1) is 13.3 Å². The molecule has 0 spiro atoms. The quantitative estimate of drug-likeness (QED) is 0.295. The zero-order valence-corrected chi connectivity index (χ0v) is 19.5. The fraction of sp³-hybridized carbons (Fsp3) is 0.0952. The predicted octanol–water partition coefficient (Wildman–Crippen LogP) is 2.45. The number of hydrogen-bond donors (Lipinski definition) is 2. The van der Waals surface area contributed by atoms with Gasteiger partial charge in [0.2, 0.25) is 5.78 Å². The molecule has 4 rings (SSSR count). The second-order valence-corrected chi connectivity index (χ2v) is 8.97. The Morgan fingerprint density at radius 2 is 1.74 bits per heavy atom. The van der Waals surface area contributed by atoms with E-state index in [-0.39, 0.29) is 17.4 Å². The van der Waals surface area contributed by atoms with Crippen LogP contribution in [0.4, 0.5) is 5.82 Å². The number of nitrogens with one attached hydrogen (secondary N) is 2. The summed E-state index contributed by atoms with van der Waals surface area (Å²) < 4.78 is 32.3. The van der Waals surface area contributed by atoms with Crippen LogP contribution in [0.5, 0.6) is 5.75 Å². The van der Waals surface area contributed by atoms with Crippen molar-refractivity contribution in [1.82, 2.24) is 24.4 Å². The summed E-state index contributed by atoms with van der Waals surface area (Å²) in [7, 11) is -2.90. The van der Waals surface area contributed by atoms with E-state index in [1.54, 1.807) is 55.6 Å². The number of ether oxygens (including phenoxy) is 1. The molecule has 0 bridgehead atoms. The number of aromatic amines is 1. The highest BCUT2D eigenvalue weighted by Gasteiger charge is 2.27. The monoisotopic (exact) mass is 499 g/mol. The molecule has 2 N–H and O–H groups in total. The van der Waals surface area contributed by atoms with Crippen LogP contribution in [0.3, 0.4) is 0 Å². The zero-order valence-electron chi connectivity index (χ0n) is 17.9. The number of hydrogen-bond acceptors (Lipinski definition) is 8. The predicted molar refractivity (Wildman–Crippen MR) is 128 cm³/mol. The number of aryl methyl sites for hydroxylation is 1. The molecular formula is C21H18ClN7O4S. The van der Waals surface area contributed by atoms with E-state index >= 15 is 0 Å². The maximum atomic E-state index is 13.1.